The zero-order valence-corrected chi connectivity index (χ0v) is 12.6. The van der Waals surface area contributed by atoms with Crippen LogP contribution in [0.15, 0.2) is 40.6 Å². The Kier molecular flexibility index (Phi) is 6.10. The smallest absolute Gasteiger partial charge is 0.188 e. The van der Waals surface area contributed by atoms with Crippen LogP contribution >= 0.6 is 23.5 Å². The Morgan fingerprint density at radius 3 is 2.74 bits per heavy atom. The molecule has 4 nitrogen and oxygen atoms in total. The van der Waals surface area contributed by atoms with Gasteiger partial charge in [0.2, 0.25) is 0 Å². The summed E-state index contributed by atoms with van der Waals surface area (Å²) < 4.78 is 0. The van der Waals surface area contributed by atoms with Crippen molar-refractivity contribution < 1.29 is 0 Å². The first-order chi connectivity index (χ1) is 9.38. The third-order valence-electron chi connectivity index (χ3n) is 2.57. The Balaban J connectivity index is 1.75. The van der Waals surface area contributed by atoms with Crippen molar-refractivity contribution >= 4 is 29.2 Å². The number of nitrogens with one attached hydrogen (secondary N) is 2. The zero-order chi connectivity index (χ0) is 13.3. The van der Waals surface area contributed by atoms with E-state index in [-0.39, 0.29) is 0 Å². The molecule has 0 aliphatic carbocycles. The van der Waals surface area contributed by atoms with Gasteiger partial charge in [0.25, 0.3) is 0 Å². The minimum Gasteiger partial charge on any atom is -0.385 e. The van der Waals surface area contributed by atoms with Crippen molar-refractivity contribution in [2.75, 3.05) is 23.9 Å². The molecule has 0 spiro atoms. The summed E-state index contributed by atoms with van der Waals surface area (Å²) in [7, 11) is 0. The van der Waals surface area contributed by atoms with Gasteiger partial charge in [0.1, 0.15) is 6.33 Å². The molecule has 2 N–H and O–H groups in total. The molecule has 0 bridgehead atoms. The van der Waals surface area contributed by atoms with Gasteiger partial charge in [0.05, 0.1) is 0 Å². The second-order valence-electron chi connectivity index (χ2n) is 4.04. The number of nitrogens with zero attached hydrogens (tertiary/aromatic N) is 2. The fourth-order valence-electron chi connectivity index (χ4n) is 1.60. The molecular weight excluding hydrogens is 276 g/mol. The summed E-state index contributed by atoms with van der Waals surface area (Å²) >= 11 is 3.49. The van der Waals surface area contributed by atoms with Crippen LogP contribution in [0.2, 0.25) is 0 Å². The average molecular weight is 294 g/mol. The molecule has 0 saturated heterocycles. The molecule has 102 valence electrons. The van der Waals surface area contributed by atoms with Crippen LogP contribution in [0.1, 0.15) is 12.8 Å². The van der Waals surface area contributed by atoms with E-state index < -0.39 is 0 Å². The Morgan fingerprint density at radius 2 is 2.05 bits per heavy atom. The molecule has 0 unspecified atom stereocenters. The first-order valence-corrected chi connectivity index (χ1v) is 8.45. The van der Waals surface area contributed by atoms with Gasteiger partial charge >= 0.3 is 0 Å². The third-order valence-corrected chi connectivity index (χ3v) is 4.16. The molecule has 0 aliphatic rings. The fraction of sp³-hybridized carbons (Fsp3) is 0.385. The van der Waals surface area contributed by atoms with Crippen molar-refractivity contribution in [1.29, 1.82) is 0 Å². The number of H-pyrrole nitrogens is 1. The standard InChI is InChI=1S/C13H18N4S2/c1-18-9-3-2-8-14-11-4-6-12(7-5-11)19-13-15-10-16-17-13/h4-7,10,14H,2-3,8-9H2,1H3,(H,15,16,17). The number of unbranched alkanes of at least 4 members (excludes halogenated alkanes) is 1. The highest BCUT2D eigenvalue weighted by Crippen LogP contribution is 2.25. The molecule has 1 aromatic heterocycles. The normalized spacial score (nSPS) is 10.6. The van der Waals surface area contributed by atoms with Crippen molar-refractivity contribution in [2.45, 2.75) is 22.9 Å². The predicted octanol–water partition coefficient (Wildman–Crippen LogP) is 3.51. The van der Waals surface area contributed by atoms with Crippen LogP contribution in [0.4, 0.5) is 5.69 Å². The topological polar surface area (TPSA) is 53.6 Å². The van der Waals surface area contributed by atoms with Crippen molar-refractivity contribution in [1.82, 2.24) is 15.2 Å². The lowest BCUT2D eigenvalue weighted by molar-refractivity contribution is 0.843. The third kappa shape index (κ3) is 5.16. The molecule has 19 heavy (non-hydrogen) atoms. The number of hydrogen-bond acceptors (Lipinski definition) is 5. The number of thioether (sulfide) groups is 1. The van der Waals surface area contributed by atoms with Crippen molar-refractivity contribution in [3.63, 3.8) is 0 Å². The monoisotopic (exact) mass is 294 g/mol. The molecule has 1 heterocycles. The number of hydrogen-bond donors (Lipinski definition) is 2. The fourth-order valence-corrected chi connectivity index (χ4v) is 2.79. The summed E-state index contributed by atoms with van der Waals surface area (Å²) in [6, 6.07) is 8.40. The van der Waals surface area contributed by atoms with Gasteiger partial charge in [-0.1, -0.05) is 11.8 Å². The van der Waals surface area contributed by atoms with Crippen LogP contribution in [-0.2, 0) is 0 Å². The lowest BCUT2D eigenvalue weighted by Gasteiger charge is -2.06. The van der Waals surface area contributed by atoms with Gasteiger partial charge in [-0.15, -0.1) is 0 Å². The van der Waals surface area contributed by atoms with E-state index in [2.05, 4.69) is 51.0 Å². The predicted molar refractivity (Wildman–Crippen MR) is 83.1 cm³/mol. The average Bonchev–Trinajstić information content (AvgIpc) is 2.93. The maximum Gasteiger partial charge on any atom is 0.188 e. The Morgan fingerprint density at radius 1 is 1.21 bits per heavy atom. The van der Waals surface area contributed by atoms with Crippen molar-refractivity contribution in [2.24, 2.45) is 0 Å². The van der Waals surface area contributed by atoms with Crippen LogP contribution in [0, 0.1) is 0 Å². The van der Waals surface area contributed by atoms with E-state index in [1.54, 1.807) is 11.8 Å². The van der Waals surface area contributed by atoms with Gasteiger partial charge in [-0.25, -0.2) is 4.98 Å². The maximum absolute atomic E-state index is 4.09. The van der Waals surface area contributed by atoms with Crippen LogP contribution in [-0.4, -0.2) is 33.7 Å². The summed E-state index contributed by atoms with van der Waals surface area (Å²) in [5, 5.41) is 10.9. The minimum absolute atomic E-state index is 0.817. The number of rotatable bonds is 8. The molecule has 0 saturated carbocycles. The highest BCUT2D eigenvalue weighted by Gasteiger charge is 1.99. The second kappa shape index (κ2) is 8.12. The van der Waals surface area contributed by atoms with Crippen LogP contribution in [0.3, 0.4) is 0 Å². The van der Waals surface area contributed by atoms with Gasteiger partial charge in [0, 0.05) is 17.1 Å². The Bertz CT molecular complexity index is 456. The molecule has 0 fully saturated rings. The SMILES string of the molecule is CSCCCCNc1ccc(Sc2ncn[nH]2)cc1. The molecule has 2 aromatic rings. The molecule has 0 amide bonds. The first kappa shape index (κ1) is 14.3. The van der Waals surface area contributed by atoms with Crippen LogP contribution in [0.5, 0.6) is 0 Å². The van der Waals surface area contributed by atoms with E-state index in [9.17, 15) is 0 Å². The number of anilines is 1. The minimum atomic E-state index is 0.817. The molecule has 0 radical (unpaired) electrons. The molecule has 2 rings (SSSR count). The Hall–Kier alpha value is -1.14. The zero-order valence-electron chi connectivity index (χ0n) is 10.9. The van der Waals surface area contributed by atoms with E-state index >= 15 is 0 Å². The first-order valence-electron chi connectivity index (χ1n) is 6.24. The largest absolute Gasteiger partial charge is 0.385 e. The summed E-state index contributed by atoms with van der Waals surface area (Å²) in [5.41, 5.74) is 1.17. The van der Waals surface area contributed by atoms with Gasteiger partial charge in [-0.05, 0) is 49.1 Å². The van der Waals surface area contributed by atoms with Crippen LogP contribution in [0.25, 0.3) is 0 Å². The summed E-state index contributed by atoms with van der Waals surface area (Å²) in [4.78, 5) is 5.25. The lowest BCUT2D eigenvalue weighted by Crippen LogP contribution is -2.01. The molecule has 0 atom stereocenters. The molecule has 1 aromatic carbocycles. The van der Waals surface area contributed by atoms with Crippen molar-refractivity contribution in [3.05, 3.63) is 30.6 Å². The summed E-state index contributed by atoms with van der Waals surface area (Å²) in [5.74, 6) is 1.24. The lowest BCUT2D eigenvalue weighted by atomic mass is 10.3. The molecule has 6 heteroatoms. The Labute approximate surface area is 122 Å². The summed E-state index contributed by atoms with van der Waals surface area (Å²) in [6.45, 7) is 1.04. The van der Waals surface area contributed by atoms with Gasteiger partial charge in [0.15, 0.2) is 5.16 Å². The van der Waals surface area contributed by atoms with E-state index in [0.29, 0.717) is 0 Å². The van der Waals surface area contributed by atoms with E-state index in [1.807, 2.05) is 11.8 Å². The van der Waals surface area contributed by atoms with E-state index in [4.69, 9.17) is 0 Å². The van der Waals surface area contributed by atoms with E-state index in [1.165, 1.54) is 30.6 Å². The van der Waals surface area contributed by atoms with Gasteiger partial charge < -0.3 is 5.32 Å². The van der Waals surface area contributed by atoms with Gasteiger partial charge in [-0.3, -0.25) is 5.10 Å². The number of benzene rings is 1. The van der Waals surface area contributed by atoms with Crippen molar-refractivity contribution in [3.8, 4) is 0 Å². The quantitative estimate of drug-likeness (QED) is 0.730. The maximum atomic E-state index is 4.09. The highest BCUT2D eigenvalue weighted by atomic mass is 32.2. The van der Waals surface area contributed by atoms with E-state index in [0.717, 1.165) is 16.6 Å². The second-order valence-corrected chi connectivity index (χ2v) is 6.09. The number of aromatic amines is 1. The van der Waals surface area contributed by atoms with Gasteiger partial charge in [-0.2, -0.15) is 16.9 Å². The highest BCUT2D eigenvalue weighted by molar-refractivity contribution is 7.99. The summed E-state index contributed by atoms with van der Waals surface area (Å²) in [6.07, 6.45) is 6.16. The molecule has 0 aliphatic heterocycles. The number of aromatic nitrogens is 3. The molecular formula is C13H18N4S2. The van der Waals surface area contributed by atoms with Crippen LogP contribution < -0.4 is 5.32 Å².